The molecule has 446 valence electrons. The van der Waals surface area contributed by atoms with Crippen LogP contribution in [0.2, 0.25) is 0 Å². The molecule has 0 unspecified atom stereocenters. The molecule has 16 N–H and O–H groups in total. The van der Waals surface area contributed by atoms with Crippen molar-refractivity contribution >= 4 is 131 Å². The number of hydrogen-bond acceptors (Lipinski definition) is 28. The van der Waals surface area contributed by atoms with Crippen LogP contribution in [0.5, 0.6) is 0 Å². The highest BCUT2D eigenvalue weighted by molar-refractivity contribution is 8.77. The number of hydrogen-bond donors (Lipinski definition) is 10. The maximum Gasteiger partial charge on any atom is 0.280 e. The molecule has 8 aromatic carbocycles. The highest BCUT2D eigenvalue weighted by Crippen LogP contribution is 2.46. The van der Waals surface area contributed by atoms with Gasteiger partial charge in [-0.3, -0.25) is 10.1 Å². The molecular weight excluding hydrogens is 1220 g/mol. The number of nitro groups is 1. The standard InChI is InChI=1S/C31H25N11O2S2.C30H26N12S2/c1-18-10-2-3-11-19(18)26-36-28(32)40-30(38-26)34-21-13-5-8-16-24(21)45-46-25-17-9-6-14-22(25)35-31-39-27(37-29(33)41-31)20-12-4-7-15-23(20)42(43)44;31-19-9-5-7-17(15-19)25-37-27(33)41-29(39-25)35-21-11-1-3-13-23(21)43-44-24-14-4-2-12-22(24)36-30-40-26(38-28(34)42-30)18-8-6-10-20(32)16-18/h2-17H,1H3,(H3,32,34,36,38,40)(H3,33,35,37,39,41);1-16H,31-32H2,(H3,33,35,37,39,41)(H3,34,36,38,40,42). The molecule has 29 heteroatoms. The van der Waals surface area contributed by atoms with Crippen LogP contribution in [0.15, 0.2) is 214 Å². The fourth-order valence-corrected chi connectivity index (χ4v) is 13.1. The number of aromatic nitrogens is 12. The van der Waals surface area contributed by atoms with Crippen molar-refractivity contribution < 1.29 is 4.92 Å². The van der Waals surface area contributed by atoms with Crippen LogP contribution in [-0.4, -0.2) is 64.7 Å². The molecule has 0 fully saturated rings. The number of benzene rings is 8. The van der Waals surface area contributed by atoms with Gasteiger partial charge in [-0.1, -0.05) is 152 Å². The van der Waals surface area contributed by atoms with Gasteiger partial charge in [0, 0.05) is 53.7 Å². The summed E-state index contributed by atoms with van der Waals surface area (Å²) in [5, 5.41) is 24.6. The molecule has 4 aromatic heterocycles. The molecule has 0 aliphatic rings. The average Bonchev–Trinajstić information content (AvgIpc) is 1.79. The third-order valence-corrected chi connectivity index (χ3v) is 17.6. The zero-order chi connectivity index (χ0) is 62.5. The summed E-state index contributed by atoms with van der Waals surface area (Å²) in [5.74, 6) is 2.75. The summed E-state index contributed by atoms with van der Waals surface area (Å²) in [5.41, 5.74) is 43.7. The zero-order valence-corrected chi connectivity index (χ0v) is 50.5. The number of para-hydroxylation sites is 5. The minimum Gasteiger partial charge on any atom is -0.399 e. The second kappa shape index (κ2) is 28.0. The van der Waals surface area contributed by atoms with Crippen LogP contribution in [0.4, 0.5) is 87.4 Å². The first-order valence-electron chi connectivity index (χ1n) is 26.9. The predicted octanol–water partition coefficient (Wildman–Crippen LogP) is 13.1. The summed E-state index contributed by atoms with van der Waals surface area (Å²) >= 11 is 0. The topological polar surface area (TPSA) is 402 Å². The number of nitrogens with zero attached hydrogens (tertiary/aromatic N) is 13. The van der Waals surface area contributed by atoms with Crippen LogP contribution in [0, 0.1) is 17.0 Å². The third-order valence-electron chi connectivity index (χ3n) is 12.6. The molecule has 0 atom stereocenters. The Morgan fingerprint density at radius 2 is 0.656 bits per heavy atom. The molecule has 0 aliphatic carbocycles. The summed E-state index contributed by atoms with van der Waals surface area (Å²) in [6, 6.07) is 59.6. The minimum atomic E-state index is -0.489. The Morgan fingerprint density at radius 1 is 0.344 bits per heavy atom. The lowest BCUT2D eigenvalue weighted by atomic mass is 10.1. The van der Waals surface area contributed by atoms with E-state index in [4.69, 9.17) is 34.4 Å². The van der Waals surface area contributed by atoms with Crippen molar-refractivity contribution in [3.05, 3.63) is 210 Å². The lowest BCUT2D eigenvalue weighted by Gasteiger charge is -2.13. The van der Waals surface area contributed by atoms with E-state index in [0.717, 1.165) is 58.9 Å². The Labute approximate surface area is 529 Å². The van der Waals surface area contributed by atoms with Gasteiger partial charge in [-0.2, -0.15) is 59.8 Å². The first kappa shape index (κ1) is 60.3. The maximum absolute atomic E-state index is 11.6. The van der Waals surface area contributed by atoms with Gasteiger partial charge in [0.2, 0.25) is 47.6 Å². The molecule has 0 amide bonds. The van der Waals surface area contributed by atoms with Crippen molar-refractivity contribution in [2.24, 2.45) is 0 Å². The van der Waals surface area contributed by atoms with E-state index in [1.165, 1.54) is 27.7 Å². The molecule has 0 radical (unpaired) electrons. The normalized spacial score (nSPS) is 10.8. The van der Waals surface area contributed by atoms with Crippen molar-refractivity contribution in [1.82, 2.24) is 59.8 Å². The fourth-order valence-electron chi connectivity index (χ4n) is 8.52. The van der Waals surface area contributed by atoms with Crippen molar-refractivity contribution in [2.45, 2.75) is 26.5 Å². The molecule has 0 saturated carbocycles. The van der Waals surface area contributed by atoms with Crippen molar-refractivity contribution in [3.8, 4) is 45.6 Å². The Morgan fingerprint density at radius 3 is 1.02 bits per heavy atom. The molecule has 25 nitrogen and oxygen atoms in total. The predicted molar refractivity (Wildman–Crippen MR) is 361 cm³/mol. The lowest BCUT2D eigenvalue weighted by molar-refractivity contribution is -0.384. The SMILES string of the molecule is Cc1ccccc1-c1nc(N)nc(Nc2ccccc2SSc2ccccc2Nc2nc(N)nc(-c3ccccc3[N+](=O)[O-])n2)n1.Nc1cccc(-c2nc(N)nc(Nc3ccccc3SSc3ccccc3Nc3nc(N)nc(-c4cccc(N)c4)n3)n2)c1. The van der Waals surface area contributed by atoms with E-state index in [1.54, 1.807) is 64.1 Å². The van der Waals surface area contributed by atoms with Gasteiger partial charge >= 0.3 is 0 Å². The van der Waals surface area contributed by atoms with Crippen LogP contribution >= 0.6 is 43.2 Å². The monoisotopic (exact) mass is 1270 g/mol. The van der Waals surface area contributed by atoms with E-state index in [9.17, 15) is 10.1 Å². The molecule has 4 heterocycles. The minimum absolute atomic E-state index is 0.0743. The number of nitrogens with two attached hydrogens (primary N) is 6. The van der Waals surface area contributed by atoms with Crippen LogP contribution in [0.25, 0.3) is 45.6 Å². The van der Waals surface area contributed by atoms with E-state index in [1.807, 2.05) is 153 Å². The Bertz CT molecular complexity index is 4450. The Balaban J connectivity index is 0.000000185. The van der Waals surface area contributed by atoms with Crippen LogP contribution < -0.4 is 55.7 Å². The number of nitrogens with one attached hydrogen (secondary N) is 4. The number of aryl methyl sites for hydroxylation is 1. The molecule has 90 heavy (non-hydrogen) atoms. The van der Waals surface area contributed by atoms with E-state index in [2.05, 4.69) is 81.1 Å². The largest absolute Gasteiger partial charge is 0.399 e. The second-order valence-electron chi connectivity index (χ2n) is 19.0. The van der Waals surface area contributed by atoms with Crippen molar-refractivity contribution in [3.63, 3.8) is 0 Å². The van der Waals surface area contributed by atoms with E-state index in [-0.39, 0.29) is 46.8 Å². The quantitative estimate of drug-likeness (QED) is 0.0156. The van der Waals surface area contributed by atoms with Crippen molar-refractivity contribution in [2.75, 3.05) is 55.7 Å². The number of anilines is 14. The first-order chi connectivity index (χ1) is 43.7. The van der Waals surface area contributed by atoms with Crippen LogP contribution in [0.1, 0.15) is 5.56 Å². The molecular formula is C61H51N23O2S4. The van der Waals surface area contributed by atoms with E-state index < -0.39 is 4.92 Å². The Hall–Kier alpha value is -11.4. The summed E-state index contributed by atoms with van der Waals surface area (Å²) in [4.78, 5) is 67.1. The summed E-state index contributed by atoms with van der Waals surface area (Å²) in [6.07, 6.45) is 0. The maximum atomic E-state index is 11.6. The van der Waals surface area contributed by atoms with Gasteiger partial charge < -0.3 is 55.7 Å². The third kappa shape index (κ3) is 15.4. The van der Waals surface area contributed by atoms with Gasteiger partial charge in [-0.25, -0.2) is 0 Å². The fraction of sp³-hybridized carbons (Fsp3) is 0.0164. The second-order valence-corrected chi connectivity index (χ2v) is 23.4. The number of nitrogen functional groups attached to an aromatic ring is 6. The van der Waals surface area contributed by atoms with Gasteiger partial charge in [0.1, 0.15) is 0 Å². The van der Waals surface area contributed by atoms with Gasteiger partial charge in [0.05, 0.1) is 33.2 Å². The Kier molecular flexibility index (Phi) is 18.7. The molecule has 0 bridgehead atoms. The summed E-state index contributed by atoms with van der Waals surface area (Å²) < 4.78 is 0. The van der Waals surface area contributed by atoms with E-state index in [0.29, 0.717) is 52.4 Å². The van der Waals surface area contributed by atoms with Crippen molar-refractivity contribution in [1.29, 1.82) is 0 Å². The smallest absolute Gasteiger partial charge is 0.280 e. The average molecular weight is 1270 g/mol. The summed E-state index contributed by atoms with van der Waals surface area (Å²) in [7, 11) is 6.14. The van der Waals surface area contributed by atoms with Crippen LogP contribution in [-0.2, 0) is 0 Å². The van der Waals surface area contributed by atoms with Gasteiger partial charge in [-0.05, 0) is 91.3 Å². The highest BCUT2D eigenvalue weighted by Gasteiger charge is 2.20. The number of rotatable bonds is 19. The lowest BCUT2D eigenvalue weighted by Crippen LogP contribution is -2.06. The highest BCUT2D eigenvalue weighted by atomic mass is 33.1. The number of nitro benzene ring substituents is 1. The molecule has 12 rings (SSSR count). The summed E-state index contributed by atoms with van der Waals surface area (Å²) in [6.45, 7) is 1.99. The molecule has 0 spiro atoms. The molecule has 12 aromatic rings. The van der Waals surface area contributed by atoms with E-state index >= 15 is 0 Å². The molecule has 0 saturated heterocycles. The van der Waals surface area contributed by atoms with Gasteiger partial charge in [0.15, 0.2) is 23.3 Å². The van der Waals surface area contributed by atoms with Gasteiger partial charge in [-0.15, -0.1) is 0 Å². The van der Waals surface area contributed by atoms with Crippen LogP contribution in [0.3, 0.4) is 0 Å². The molecule has 0 aliphatic heterocycles. The zero-order valence-electron chi connectivity index (χ0n) is 47.2. The first-order valence-corrected chi connectivity index (χ1v) is 31.2. The van der Waals surface area contributed by atoms with Gasteiger partial charge in [0.25, 0.3) is 5.69 Å².